The lowest BCUT2D eigenvalue weighted by Gasteiger charge is -2.26. The lowest BCUT2D eigenvalue weighted by Crippen LogP contribution is -2.25. The van der Waals surface area contributed by atoms with Crippen molar-refractivity contribution in [2.24, 2.45) is 29.4 Å². The minimum Gasteiger partial charge on any atom is -0.330 e. The average molecular weight is 139 g/mol. The summed E-state index contributed by atoms with van der Waals surface area (Å²) in [6, 6.07) is 0. The molecule has 2 aliphatic carbocycles. The Morgan fingerprint density at radius 2 is 1.90 bits per heavy atom. The van der Waals surface area contributed by atoms with Crippen molar-refractivity contribution in [1.82, 2.24) is 0 Å². The zero-order valence-corrected chi connectivity index (χ0v) is 6.72. The Bertz CT molecular complexity index is 133. The highest BCUT2D eigenvalue weighted by molar-refractivity contribution is 4.94. The molecule has 2 saturated carbocycles. The number of nitrogens with two attached hydrogens (primary N) is 1. The average Bonchev–Trinajstić information content (AvgIpc) is 2.64. The molecule has 0 amide bonds. The van der Waals surface area contributed by atoms with E-state index in [1.807, 2.05) is 0 Å². The summed E-state index contributed by atoms with van der Waals surface area (Å²) in [5.74, 6) is 3.96. The Morgan fingerprint density at radius 1 is 1.20 bits per heavy atom. The van der Waals surface area contributed by atoms with Crippen molar-refractivity contribution in [2.45, 2.75) is 26.2 Å². The van der Waals surface area contributed by atoms with Gasteiger partial charge in [-0.2, -0.15) is 0 Å². The third kappa shape index (κ3) is 0.968. The number of hydrogen-bond acceptors (Lipinski definition) is 1. The summed E-state index contributed by atoms with van der Waals surface area (Å²) in [5, 5.41) is 0. The van der Waals surface area contributed by atoms with Gasteiger partial charge in [0.05, 0.1) is 0 Å². The maximum atomic E-state index is 5.67. The molecule has 4 atom stereocenters. The lowest BCUT2D eigenvalue weighted by atomic mass is 9.81. The van der Waals surface area contributed by atoms with Crippen LogP contribution in [0.2, 0.25) is 0 Å². The first-order chi connectivity index (χ1) is 4.81. The van der Waals surface area contributed by atoms with Crippen molar-refractivity contribution < 1.29 is 0 Å². The molecule has 1 heteroatoms. The SMILES string of the molecule is CC1CC2CC2CC1CN. The van der Waals surface area contributed by atoms with Gasteiger partial charge in [-0.3, -0.25) is 0 Å². The molecule has 4 unspecified atom stereocenters. The monoisotopic (exact) mass is 139 g/mol. The van der Waals surface area contributed by atoms with Crippen molar-refractivity contribution in [1.29, 1.82) is 0 Å². The lowest BCUT2D eigenvalue weighted by molar-refractivity contribution is 0.252. The molecule has 2 aliphatic rings. The van der Waals surface area contributed by atoms with E-state index < -0.39 is 0 Å². The molecule has 0 aromatic carbocycles. The van der Waals surface area contributed by atoms with Crippen LogP contribution in [-0.2, 0) is 0 Å². The molecule has 0 saturated heterocycles. The molecule has 10 heavy (non-hydrogen) atoms. The fraction of sp³-hybridized carbons (Fsp3) is 1.00. The van der Waals surface area contributed by atoms with Gasteiger partial charge in [0.1, 0.15) is 0 Å². The van der Waals surface area contributed by atoms with Crippen molar-refractivity contribution in [3.05, 3.63) is 0 Å². The third-order valence-electron chi connectivity index (χ3n) is 3.46. The van der Waals surface area contributed by atoms with Gasteiger partial charge >= 0.3 is 0 Å². The standard InChI is InChI=1S/C9H17N/c1-6-2-7-3-8(7)4-9(6)5-10/h6-9H,2-5,10H2,1H3. The van der Waals surface area contributed by atoms with Crippen molar-refractivity contribution in [2.75, 3.05) is 6.54 Å². The van der Waals surface area contributed by atoms with Crippen LogP contribution in [-0.4, -0.2) is 6.54 Å². The van der Waals surface area contributed by atoms with Crippen LogP contribution in [0.1, 0.15) is 26.2 Å². The highest BCUT2D eigenvalue weighted by Gasteiger charge is 2.44. The molecule has 2 N–H and O–H groups in total. The Morgan fingerprint density at radius 3 is 2.60 bits per heavy atom. The first-order valence-corrected chi connectivity index (χ1v) is 4.51. The highest BCUT2D eigenvalue weighted by atomic mass is 14.6. The molecule has 58 valence electrons. The molecule has 2 rings (SSSR count). The maximum Gasteiger partial charge on any atom is -0.00462 e. The second-order valence-corrected chi connectivity index (χ2v) is 4.20. The summed E-state index contributed by atoms with van der Waals surface area (Å²) in [5.41, 5.74) is 5.67. The largest absolute Gasteiger partial charge is 0.330 e. The van der Waals surface area contributed by atoms with E-state index in [-0.39, 0.29) is 0 Å². The van der Waals surface area contributed by atoms with E-state index in [0.29, 0.717) is 0 Å². The molecule has 2 fully saturated rings. The predicted molar refractivity (Wildman–Crippen MR) is 42.5 cm³/mol. The van der Waals surface area contributed by atoms with Crippen LogP contribution in [0.15, 0.2) is 0 Å². The van der Waals surface area contributed by atoms with E-state index in [4.69, 9.17) is 5.73 Å². The van der Waals surface area contributed by atoms with E-state index in [1.54, 1.807) is 0 Å². The minimum absolute atomic E-state index is 0.851. The first-order valence-electron chi connectivity index (χ1n) is 4.51. The molecule has 0 spiro atoms. The Hall–Kier alpha value is -0.0400. The quantitative estimate of drug-likeness (QED) is 0.587. The summed E-state index contributed by atoms with van der Waals surface area (Å²) in [6.45, 7) is 3.29. The predicted octanol–water partition coefficient (Wildman–Crippen LogP) is 1.63. The van der Waals surface area contributed by atoms with Gasteiger partial charge in [0, 0.05) is 0 Å². The Labute approximate surface area is 63.0 Å². The highest BCUT2D eigenvalue weighted by Crippen LogP contribution is 2.53. The fourth-order valence-corrected chi connectivity index (χ4v) is 2.51. The second-order valence-electron chi connectivity index (χ2n) is 4.20. The molecular formula is C9H17N. The minimum atomic E-state index is 0.851. The van der Waals surface area contributed by atoms with Crippen LogP contribution in [0.25, 0.3) is 0 Å². The molecule has 0 heterocycles. The van der Waals surface area contributed by atoms with Crippen molar-refractivity contribution >= 4 is 0 Å². The summed E-state index contributed by atoms with van der Waals surface area (Å²) in [7, 11) is 0. The molecule has 1 nitrogen and oxygen atoms in total. The van der Waals surface area contributed by atoms with Crippen molar-refractivity contribution in [3.63, 3.8) is 0 Å². The van der Waals surface area contributed by atoms with E-state index >= 15 is 0 Å². The summed E-state index contributed by atoms with van der Waals surface area (Å²) in [4.78, 5) is 0. The van der Waals surface area contributed by atoms with Crippen LogP contribution in [0.3, 0.4) is 0 Å². The molecule has 0 aliphatic heterocycles. The number of rotatable bonds is 1. The second kappa shape index (κ2) is 2.23. The van der Waals surface area contributed by atoms with E-state index in [1.165, 1.54) is 19.3 Å². The molecule has 0 bridgehead atoms. The third-order valence-corrected chi connectivity index (χ3v) is 3.46. The van der Waals surface area contributed by atoms with Crippen LogP contribution >= 0.6 is 0 Å². The topological polar surface area (TPSA) is 26.0 Å². The van der Waals surface area contributed by atoms with Gasteiger partial charge in [-0.25, -0.2) is 0 Å². The summed E-state index contributed by atoms with van der Waals surface area (Å²) < 4.78 is 0. The zero-order valence-electron chi connectivity index (χ0n) is 6.72. The van der Waals surface area contributed by atoms with Gasteiger partial charge in [-0.15, -0.1) is 0 Å². The van der Waals surface area contributed by atoms with Gasteiger partial charge in [0.2, 0.25) is 0 Å². The van der Waals surface area contributed by atoms with E-state index in [2.05, 4.69) is 6.92 Å². The fourth-order valence-electron chi connectivity index (χ4n) is 2.51. The smallest absolute Gasteiger partial charge is 0.00462 e. The van der Waals surface area contributed by atoms with Crippen LogP contribution < -0.4 is 5.73 Å². The summed E-state index contributed by atoms with van der Waals surface area (Å²) in [6.07, 6.45) is 4.41. The van der Waals surface area contributed by atoms with E-state index in [0.717, 1.165) is 30.2 Å². The number of fused-ring (bicyclic) bond motifs is 1. The Balaban J connectivity index is 1.94. The van der Waals surface area contributed by atoms with Crippen LogP contribution in [0, 0.1) is 23.7 Å². The Kier molecular flexibility index (Phi) is 1.48. The molecule has 0 aromatic heterocycles. The first kappa shape index (κ1) is 6.66. The van der Waals surface area contributed by atoms with Gasteiger partial charge in [-0.1, -0.05) is 6.92 Å². The van der Waals surface area contributed by atoms with Gasteiger partial charge in [-0.05, 0) is 49.5 Å². The normalized spacial score (nSPS) is 52.2. The van der Waals surface area contributed by atoms with E-state index in [9.17, 15) is 0 Å². The van der Waals surface area contributed by atoms with Gasteiger partial charge in [0.25, 0.3) is 0 Å². The van der Waals surface area contributed by atoms with Crippen LogP contribution in [0.4, 0.5) is 0 Å². The van der Waals surface area contributed by atoms with Gasteiger partial charge < -0.3 is 5.73 Å². The molecule has 0 aromatic rings. The molecular weight excluding hydrogens is 122 g/mol. The maximum absolute atomic E-state index is 5.67. The zero-order chi connectivity index (χ0) is 7.14. The van der Waals surface area contributed by atoms with Crippen molar-refractivity contribution in [3.8, 4) is 0 Å². The molecule has 0 radical (unpaired) electrons. The van der Waals surface area contributed by atoms with Crippen LogP contribution in [0.5, 0.6) is 0 Å². The summed E-state index contributed by atoms with van der Waals surface area (Å²) >= 11 is 0. The number of hydrogen-bond donors (Lipinski definition) is 1. The van der Waals surface area contributed by atoms with Gasteiger partial charge in [0.15, 0.2) is 0 Å².